The van der Waals surface area contributed by atoms with Crippen LogP contribution >= 0.6 is 0 Å². The highest BCUT2D eigenvalue weighted by Crippen LogP contribution is 2.00. The summed E-state index contributed by atoms with van der Waals surface area (Å²) in [6, 6.07) is 1.87. The van der Waals surface area contributed by atoms with Crippen LogP contribution in [0.1, 0.15) is 5.56 Å². The molecule has 1 aromatic rings. The lowest BCUT2D eigenvalue weighted by molar-refractivity contribution is 0.505. The average molecular weight is 217 g/mol. The fraction of sp³-hybridized carbons (Fsp3) is 0.500. The highest BCUT2D eigenvalue weighted by Gasteiger charge is 2.11. The summed E-state index contributed by atoms with van der Waals surface area (Å²) in [5, 5.41) is 0. The van der Waals surface area contributed by atoms with Gasteiger partial charge in [-0.3, -0.25) is 0 Å². The van der Waals surface area contributed by atoms with Crippen LogP contribution in [-0.4, -0.2) is 31.4 Å². The zero-order chi connectivity index (χ0) is 10.8. The van der Waals surface area contributed by atoms with Gasteiger partial charge in [0, 0.05) is 40.1 Å². The van der Waals surface area contributed by atoms with Crippen LogP contribution in [0.5, 0.6) is 0 Å². The maximum atomic E-state index is 11.3. The average Bonchev–Trinajstić information content (AvgIpc) is 2.48. The van der Waals surface area contributed by atoms with Gasteiger partial charge in [-0.2, -0.15) is 17.4 Å². The second-order valence-corrected chi connectivity index (χ2v) is 5.26. The van der Waals surface area contributed by atoms with Gasteiger partial charge in [0.05, 0.1) is 0 Å². The molecule has 1 rings (SSSR count). The first kappa shape index (κ1) is 11.2. The molecule has 0 aliphatic heterocycles. The highest BCUT2D eigenvalue weighted by atomic mass is 32.2. The fourth-order valence-corrected chi connectivity index (χ4v) is 1.58. The summed E-state index contributed by atoms with van der Waals surface area (Å²) in [7, 11) is 1.57. The normalized spacial score (nSPS) is 12.3. The van der Waals surface area contributed by atoms with Gasteiger partial charge in [0.1, 0.15) is 0 Å². The van der Waals surface area contributed by atoms with Gasteiger partial charge in [0.25, 0.3) is 10.2 Å². The van der Waals surface area contributed by atoms with Crippen LogP contribution in [0, 0.1) is 0 Å². The Hall–Kier alpha value is -0.850. The van der Waals surface area contributed by atoms with Gasteiger partial charge < -0.3 is 4.57 Å². The Labute approximate surface area is 84.5 Å². The van der Waals surface area contributed by atoms with Crippen molar-refractivity contribution in [3.63, 3.8) is 0 Å². The number of hydrogen-bond acceptors (Lipinski definition) is 2. The van der Waals surface area contributed by atoms with E-state index >= 15 is 0 Å². The molecular formula is C8H15N3O2S. The third-order valence-corrected chi connectivity index (χ3v) is 3.30. The SMILES string of the molecule is CN(C)S(=O)(=O)NCc1ccn(C)c1. The van der Waals surface area contributed by atoms with E-state index in [4.69, 9.17) is 0 Å². The molecule has 6 heteroatoms. The monoisotopic (exact) mass is 217 g/mol. The van der Waals surface area contributed by atoms with Crippen molar-refractivity contribution < 1.29 is 8.42 Å². The quantitative estimate of drug-likeness (QED) is 0.767. The second-order valence-electron chi connectivity index (χ2n) is 3.29. The topological polar surface area (TPSA) is 54.3 Å². The molecule has 1 heterocycles. The minimum absolute atomic E-state index is 0.321. The van der Waals surface area contributed by atoms with Crippen LogP contribution in [-0.2, 0) is 23.8 Å². The third-order valence-electron chi connectivity index (χ3n) is 1.83. The van der Waals surface area contributed by atoms with E-state index in [0.29, 0.717) is 6.54 Å². The molecule has 0 spiro atoms. The van der Waals surface area contributed by atoms with E-state index < -0.39 is 10.2 Å². The largest absolute Gasteiger partial charge is 0.357 e. The first-order valence-corrected chi connectivity index (χ1v) is 5.64. The van der Waals surface area contributed by atoms with Crippen molar-refractivity contribution in [2.75, 3.05) is 14.1 Å². The Balaban J connectivity index is 2.57. The van der Waals surface area contributed by atoms with E-state index in [1.807, 2.05) is 30.1 Å². The van der Waals surface area contributed by atoms with Gasteiger partial charge >= 0.3 is 0 Å². The molecule has 0 saturated heterocycles. The van der Waals surface area contributed by atoms with E-state index in [2.05, 4.69) is 4.72 Å². The zero-order valence-corrected chi connectivity index (χ0v) is 9.37. The predicted molar refractivity (Wildman–Crippen MR) is 54.9 cm³/mol. The molecule has 0 saturated carbocycles. The lowest BCUT2D eigenvalue weighted by Crippen LogP contribution is -2.35. The van der Waals surface area contributed by atoms with E-state index in [-0.39, 0.29) is 0 Å². The lowest BCUT2D eigenvalue weighted by atomic mass is 10.4. The maximum absolute atomic E-state index is 11.3. The fourth-order valence-electron chi connectivity index (χ4n) is 0.969. The molecule has 0 aliphatic carbocycles. The van der Waals surface area contributed by atoms with E-state index in [9.17, 15) is 8.42 Å². The van der Waals surface area contributed by atoms with Gasteiger partial charge in [-0.25, -0.2) is 0 Å². The molecule has 0 bridgehead atoms. The first-order chi connectivity index (χ1) is 6.42. The highest BCUT2D eigenvalue weighted by molar-refractivity contribution is 7.87. The minimum Gasteiger partial charge on any atom is -0.357 e. The van der Waals surface area contributed by atoms with Crippen molar-refractivity contribution in [3.8, 4) is 0 Å². The molecule has 0 atom stereocenters. The molecule has 0 amide bonds. The molecule has 0 aliphatic rings. The summed E-state index contributed by atoms with van der Waals surface area (Å²) in [6.07, 6.45) is 3.75. The maximum Gasteiger partial charge on any atom is 0.279 e. The summed E-state index contributed by atoms with van der Waals surface area (Å²) in [5.41, 5.74) is 0.943. The summed E-state index contributed by atoms with van der Waals surface area (Å²) >= 11 is 0. The van der Waals surface area contributed by atoms with Crippen molar-refractivity contribution in [3.05, 3.63) is 24.0 Å². The molecule has 1 aromatic heterocycles. The summed E-state index contributed by atoms with van der Waals surface area (Å²) in [6.45, 7) is 0.321. The zero-order valence-electron chi connectivity index (χ0n) is 8.56. The Morgan fingerprint density at radius 1 is 1.50 bits per heavy atom. The van der Waals surface area contributed by atoms with E-state index in [0.717, 1.165) is 9.87 Å². The van der Waals surface area contributed by atoms with Crippen LogP contribution in [0.2, 0.25) is 0 Å². The first-order valence-electron chi connectivity index (χ1n) is 4.20. The molecule has 14 heavy (non-hydrogen) atoms. The van der Waals surface area contributed by atoms with Crippen LogP contribution in [0.25, 0.3) is 0 Å². The van der Waals surface area contributed by atoms with Gasteiger partial charge in [-0.15, -0.1) is 0 Å². The Kier molecular flexibility index (Phi) is 3.30. The lowest BCUT2D eigenvalue weighted by Gasteiger charge is -2.11. The number of hydrogen-bond donors (Lipinski definition) is 1. The molecule has 1 N–H and O–H groups in total. The molecule has 0 aromatic carbocycles. The van der Waals surface area contributed by atoms with Crippen LogP contribution in [0.4, 0.5) is 0 Å². The molecule has 0 fully saturated rings. The smallest absolute Gasteiger partial charge is 0.279 e. The summed E-state index contributed by atoms with van der Waals surface area (Å²) in [4.78, 5) is 0. The van der Waals surface area contributed by atoms with Crippen LogP contribution in [0.15, 0.2) is 18.5 Å². The third kappa shape index (κ3) is 2.83. The van der Waals surface area contributed by atoms with Crippen molar-refractivity contribution >= 4 is 10.2 Å². The van der Waals surface area contributed by atoms with Crippen molar-refractivity contribution in [2.24, 2.45) is 7.05 Å². The van der Waals surface area contributed by atoms with Crippen LogP contribution in [0.3, 0.4) is 0 Å². The number of aromatic nitrogens is 1. The van der Waals surface area contributed by atoms with Crippen molar-refractivity contribution in [2.45, 2.75) is 6.54 Å². The minimum atomic E-state index is -3.31. The van der Waals surface area contributed by atoms with Gasteiger partial charge in [0.2, 0.25) is 0 Å². The summed E-state index contributed by atoms with van der Waals surface area (Å²) in [5.74, 6) is 0. The number of rotatable bonds is 4. The Morgan fingerprint density at radius 3 is 2.57 bits per heavy atom. The van der Waals surface area contributed by atoms with Crippen molar-refractivity contribution in [1.82, 2.24) is 13.6 Å². The molecule has 0 radical (unpaired) electrons. The molecule has 5 nitrogen and oxygen atoms in total. The predicted octanol–water partition coefficient (Wildman–Crippen LogP) is -0.0789. The number of aryl methyl sites for hydroxylation is 1. The van der Waals surface area contributed by atoms with E-state index in [1.54, 1.807) is 0 Å². The Bertz CT molecular complexity index is 394. The number of nitrogens with one attached hydrogen (secondary N) is 1. The molecule has 80 valence electrons. The van der Waals surface area contributed by atoms with Crippen molar-refractivity contribution in [1.29, 1.82) is 0 Å². The van der Waals surface area contributed by atoms with Gasteiger partial charge in [-0.1, -0.05) is 0 Å². The second kappa shape index (κ2) is 4.12. The van der Waals surface area contributed by atoms with Gasteiger partial charge in [0.15, 0.2) is 0 Å². The van der Waals surface area contributed by atoms with Gasteiger partial charge in [-0.05, 0) is 11.6 Å². The number of nitrogens with zero attached hydrogens (tertiary/aromatic N) is 2. The van der Waals surface area contributed by atoms with E-state index in [1.165, 1.54) is 14.1 Å². The Morgan fingerprint density at radius 2 is 2.14 bits per heavy atom. The summed E-state index contributed by atoms with van der Waals surface area (Å²) < 4.78 is 28.1. The molecule has 0 unspecified atom stereocenters. The standard InChI is InChI=1S/C8H15N3O2S/c1-10(2)14(12,13)9-6-8-4-5-11(3)7-8/h4-5,7,9H,6H2,1-3H3. The molecular weight excluding hydrogens is 202 g/mol. The van der Waals surface area contributed by atoms with Crippen LogP contribution < -0.4 is 4.72 Å².